The summed E-state index contributed by atoms with van der Waals surface area (Å²) in [6, 6.07) is 4.45. The van der Waals surface area contributed by atoms with Crippen LogP contribution < -0.4 is 5.32 Å². The van der Waals surface area contributed by atoms with Gasteiger partial charge >= 0.3 is 5.97 Å². The van der Waals surface area contributed by atoms with E-state index in [4.69, 9.17) is 5.11 Å². The molecule has 0 unspecified atom stereocenters. The van der Waals surface area contributed by atoms with Crippen LogP contribution >= 0.6 is 15.9 Å². The lowest BCUT2D eigenvalue weighted by atomic mass is 9.99. The van der Waals surface area contributed by atoms with Crippen molar-refractivity contribution in [3.05, 3.63) is 33.8 Å². The number of hydrogen-bond acceptors (Lipinski definition) is 2. The largest absolute Gasteiger partial charge is 0.480 e. The van der Waals surface area contributed by atoms with Crippen LogP contribution in [0.1, 0.15) is 36.2 Å². The van der Waals surface area contributed by atoms with Crippen LogP contribution in [-0.2, 0) is 4.79 Å². The molecule has 1 rings (SSSR count). The fourth-order valence-electron chi connectivity index (χ4n) is 1.72. The molecule has 0 spiro atoms. The summed E-state index contributed by atoms with van der Waals surface area (Å²) < 4.78 is 0.695. The highest BCUT2D eigenvalue weighted by atomic mass is 79.9. The minimum atomic E-state index is -1.01. The van der Waals surface area contributed by atoms with E-state index in [0.29, 0.717) is 16.5 Å². The third kappa shape index (κ3) is 3.80. The molecule has 19 heavy (non-hydrogen) atoms. The predicted molar refractivity (Wildman–Crippen MR) is 77.2 cm³/mol. The SMILES string of the molecule is CC[C@H](C)[C@H](NC(=O)c1cccc(C)c1Br)C(=O)O. The predicted octanol–water partition coefficient (Wildman–Crippen LogP) is 2.99. The second kappa shape index (κ2) is 6.70. The molecule has 0 aliphatic rings. The van der Waals surface area contributed by atoms with E-state index in [-0.39, 0.29) is 11.8 Å². The first kappa shape index (κ1) is 15.7. The lowest BCUT2D eigenvalue weighted by molar-refractivity contribution is -0.140. The molecule has 4 nitrogen and oxygen atoms in total. The Balaban J connectivity index is 2.94. The number of nitrogens with one attached hydrogen (secondary N) is 1. The zero-order valence-electron chi connectivity index (χ0n) is 11.2. The van der Waals surface area contributed by atoms with Crippen molar-refractivity contribution in [2.45, 2.75) is 33.2 Å². The molecule has 0 fully saturated rings. The first-order chi connectivity index (χ1) is 8.88. The fourth-order valence-corrected chi connectivity index (χ4v) is 2.17. The maximum Gasteiger partial charge on any atom is 0.326 e. The topological polar surface area (TPSA) is 66.4 Å². The molecule has 104 valence electrons. The fraction of sp³-hybridized carbons (Fsp3) is 0.429. The highest BCUT2D eigenvalue weighted by Crippen LogP contribution is 2.21. The van der Waals surface area contributed by atoms with Gasteiger partial charge in [0, 0.05) is 4.47 Å². The van der Waals surface area contributed by atoms with Gasteiger partial charge in [0.25, 0.3) is 5.91 Å². The number of halogens is 1. The minimum absolute atomic E-state index is 0.120. The van der Waals surface area contributed by atoms with Crippen LogP contribution in [0.3, 0.4) is 0 Å². The van der Waals surface area contributed by atoms with E-state index in [1.807, 2.05) is 26.8 Å². The standard InChI is InChI=1S/C14H18BrNO3/c1-4-8(2)12(14(18)19)16-13(17)10-7-5-6-9(3)11(10)15/h5-8,12H,4H2,1-3H3,(H,16,17)(H,18,19)/t8-,12-/m0/s1. The van der Waals surface area contributed by atoms with Gasteiger partial charge in [0.2, 0.25) is 0 Å². The Kier molecular flexibility index (Phi) is 5.54. The monoisotopic (exact) mass is 327 g/mol. The number of carboxylic acid groups (broad SMARTS) is 1. The van der Waals surface area contributed by atoms with Crippen molar-refractivity contribution < 1.29 is 14.7 Å². The van der Waals surface area contributed by atoms with E-state index < -0.39 is 12.0 Å². The summed E-state index contributed by atoms with van der Waals surface area (Å²) in [5, 5.41) is 11.8. The van der Waals surface area contributed by atoms with Gasteiger partial charge in [-0.05, 0) is 40.4 Å². The van der Waals surface area contributed by atoms with Crippen molar-refractivity contribution >= 4 is 27.8 Å². The summed E-state index contributed by atoms with van der Waals surface area (Å²) in [7, 11) is 0. The lowest BCUT2D eigenvalue weighted by Gasteiger charge is -2.20. The maximum atomic E-state index is 12.1. The van der Waals surface area contributed by atoms with E-state index >= 15 is 0 Å². The first-order valence-corrected chi connectivity index (χ1v) is 6.96. The average Bonchev–Trinajstić information content (AvgIpc) is 2.37. The molecule has 5 heteroatoms. The van der Waals surface area contributed by atoms with Gasteiger partial charge in [0.15, 0.2) is 0 Å². The van der Waals surface area contributed by atoms with Crippen molar-refractivity contribution in [2.24, 2.45) is 5.92 Å². The van der Waals surface area contributed by atoms with E-state index in [1.165, 1.54) is 0 Å². The molecule has 2 atom stereocenters. The van der Waals surface area contributed by atoms with E-state index in [1.54, 1.807) is 12.1 Å². The van der Waals surface area contributed by atoms with Gasteiger partial charge in [-0.15, -0.1) is 0 Å². The summed E-state index contributed by atoms with van der Waals surface area (Å²) in [4.78, 5) is 23.3. The number of carboxylic acids is 1. The van der Waals surface area contributed by atoms with Crippen LogP contribution in [0, 0.1) is 12.8 Å². The number of aliphatic carboxylic acids is 1. The van der Waals surface area contributed by atoms with E-state index in [2.05, 4.69) is 21.2 Å². The van der Waals surface area contributed by atoms with Crippen LogP contribution in [0.15, 0.2) is 22.7 Å². The number of aryl methyl sites for hydroxylation is 1. The molecule has 1 amide bonds. The Hall–Kier alpha value is -1.36. The highest BCUT2D eigenvalue weighted by molar-refractivity contribution is 9.10. The van der Waals surface area contributed by atoms with Crippen LogP contribution in [0.25, 0.3) is 0 Å². The Bertz CT molecular complexity index is 488. The Labute approximate surface area is 121 Å². The Morgan fingerprint density at radius 1 is 1.42 bits per heavy atom. The number of carbonyl (C=O) groups is 2. The Morgan fingerprint density at radius 3 is 2.58 bits per heavy atom. The van der Waals surface area contributed by atoms with E-state index in [9.17, 15) is 9.59 Å². The number of amides is 1. The van der Waals surface area contributed by atoms with E-state index in [0.717, 1.165) is 5.56 Å². The van der Waals surface area contributed by atoms with Crippen LogP contribution in [0.4, 0.5) is 0 Å². The summed E-state index contributed by atoms with van der Waals surface area (Å²) >= 11 is 3.35. The molecule has 0 heterocycles. The second-order valence-electron chi connectivity index (χ2n) is 4.61. The van der Waals surface area contributed by atoms with Gasteiger partial charge < -0.3 is 10.4 Å². The third-order valence-corrected chi connectivity index (χ3v) is 4.25. The molecule has 0 bridgehead atoms. The van der Waals surface area contributed by atoms with Crippen LogP contribution in [0.5, 0.6) is 0 Å². The number of hydrogen-bond donors (Lipinski definition) is 2. The summed E-state index contributed by atoms with van der Waals surface area (Å²) in [6.07, 6.45) is 0.687. The van der Waals surface area contributed by atoms with Gasteiger partial charge in [0.1, 0.15) is 6.04 Å². The molecular formula is C14H18BrNO3. The normalized spacial score (nSPS) is 13.7. The van der Waals surface area contributed by atoms with Gasteiger partial charge in [0.05, 0.1) is 5.56 Å². The molecule has 0 aromatic heterocycles. The molecule has 1 aromatic carbocycles. The van der Waals surface area contributed by atoms with Crippen LogP contribution in [0.2, 0.25) is 0 Å². The number of benzene rings is 1. The molecule has 1 aromatic rings. The average molecular weight is 328 g/mol. The first-order valence-electron chi connectivity index (χ1n) is 6.17. The summed E-state index contributed by atoms with van der Waals surface area (Å²) in [5.74, 6) is -1.50. The van der Waals surface area contributed by atoms with Crippen molar-refractivity contribution in [3.63, 3.8) is 0 Å². The number of rotatable bonds is 5. The second-order valence-corrected chi connectivity index (χ2v) is 5.40. The van der Waals surface area contributed by atoms with Crippen molar-refractivity contribution in [2.75, 3.05) is 0 Å². The molecule has 2 N–H and O–H groups in total. The molecule has 0 aliphatic heterocycles. The zero-order valence-corrected chi connectivity index (χ0v) is 12.8. The molecule has 0 saturated heterocycles. The number of carbonyl (C=O) groups excluding carboxylic acids is 1. The third-order valence-electron chi connectivity index (χ3n) is 3.20. The smallest absolute Gasteiger partial charge is 0.326 e. The van der Waals surface area contributed by atoms with Gasteiger partial charge in [-0.25, -0.2) is 4.79 Å². The quantitative estimate of drug-likeness (QED) is 0.873. The maximum absolute atomic E-state index is 12.1. The Morgan fingerprint density at radius 2 is 2.05 bits per heavy atom. The van der Waals surface area contributed by atoms with Gasteiger partial charge in [-0.3, -0.25) is 4.79 Å². The summed E-state index contributed by atoms with van der Waals surface area (Å²) in [5.41, 5.74) is 1.39. The summed E-state index contributed by atoms with van der Waals surface area (Å²) in [6.45, 7) is 5.59. The van der Waals surface area contributed by atoms with Crippen molar-refractivity contribution in [1.82, 2.24) is 5.32 Å². The van der Waals surface area contributed by atoms with Crippen LogP contribution in [-0.4, -0.2) is 23.0 Å². The van der Waals surface area contributed by atoms with Crippen molar-refractivity contribution in [1.29, 1.82) is 0 Å². The molecule has 0 radical (unpaired) electrons. The zero-order chi connectivity index (χ0) is 14.6. The molecule has 0 aliphatic carbocycles. The lowest BCUT2D eigenvalue weighted by Crippen LogP contribution is -2.45. The van der Waals surface area contributed by atoms with Gasteiger partial charge in [-0.2, -0.15) is 0 Å². The molecule has 0 saturated carbocycles. The highest BCUT2D eigenvalue weighted by Gasteiger charge is 2.26. The minimum Gasteiger partial charge on any atom is -0.480 e. The van der Waals surface area contributed by atoms with Gasteiger partial charge in [-0.1, -0.05) is 32.4 Å². The molecular weight excluding hydrogens is 310 g/mol. The van der Waals surface area contributed by atoms with Crippen molar-refractivity contribution in [3.8, 4) is 0 Å².